The number of benzene rings is 2. The summed E-state index contributed by atoms with van der Waals surface area (Å²) in [6, 6.07) is 10.1. The van der Waals surface area contributed by atoms with Gasteiger partial charge in [0.1, 0.15) is 5.75 Å². The minimum absolute atomic E-state index is 0.269. The van der Waals surface area contributed by atoms with Gasteiger partial charge in [-0.15, -0.1) is 0 Å². The Balaban J connectivity index is 1.83. The lowest BCUT2D eigenvalue weighted by atomic mass is 10.0. The predicted molar refractivity (Wildman–Crippen MR) is 90.5 cm³/mol. The molecular formula is C18H18N2O5. The van der Waals surface area contributed by atoms with E-state index < -0.39 is 24.0 Å². The van der Waals surface area contributed by atoms with Crippen molar-refractivity contribution in [2.75, 3.05) is 20.2 Å². The summed E-state index contributed by atoms with van der Waals surface area (Å²) >= 11 is 0. The lowest BCUT2D eigenvalue weighted by molar-refractivity contribution is -0.136. The second-order valence-electron chi connectivity index (χ2n) is 5.63. The molecule has 1 N–H and O–H groups in total. The molecule has 0 aromatic heterocycles. The van der Waals surface area contributed by atoms with Gasteiger partial charge in [0.05, 0.1) is 12.7 Å². The summed E-state index contributed by atoms with van der Waals surface area (Å²) in [4.78, 5) is 37.4. The second kappa shape index (κ2) is 6.80. The number of ether oxygens (including phenoxy) is 2. The van der Waals surface area contributed by atoms with Gasteiger partial charge in [0.15, 0.2) is 6.10 Å². The van der Waals surface area contributed by atoms with E-state index in [-0.39, 0.29) is 6.54 Å². The Morgan fingerprint density at radius 1 is 1.16 bits per heavy atom. The van der Waals surface area contributed by atoms with E-state index in [9.17, 15) is 14.4 Å². The first-order chi connectivity index (χ1) is 12.0. The molecule has 0 radical (unpaired) electrons. The third kappa shape index (κ3) is 3.13. The fraction of sp³-hybridized carbons (Fsp3) is 0.278. The topological polar surface area (TPSA) is 84.9 Å². The Morgan fingerprint density at radius 3 is 2.52 bits per heavy atom. The van der Waals surface area contributed by atoms with E-state index in [0.29, 0.717) is 23.2 Å². The van der Waals surface area contributed by atoms with Gasteiger partial charge >= 0.3 is 12.0 Å². The zero-order chi connectivity index (χ0) is 18.0. The number of carbonyl (C=O) groups is 3. The van der Waals surface area contributed by atoms with Gasteiger partial charge in [-0.25, -0.2) is 9.59 Å². The fourth-order valence-electron chi connectivity index (χ4n) is 2.80. The van der Waals surface area contributed by atoms with Crippen LogP contribution in [0.4, 0.5) is 4.79 Å². The number of fused-ring (bicyclic) bond motifs is 1. The van der Waals surface area contributed by atoms with Gasteiger partial charge in [0.25, 0.3) is 5.91 Å². The number of hydrogen-bond donors (Lipinski definition) is 1. The molecule has 1 aliphatic heterocycles. The highest BCUT2D eigenvalue weighted by Gasteiger charge is 2.32. The molecule has 1 aliphatic rings. The third-order valence-corrected chi connectivity index (χ3v) is 4.08. The van der Waals surface area contributed by atoms with Gasteiger partial charge in [-0.2, -0.15) is 0 Å². The van der Waals surface area contributed by atoms with Crippen LogP contribution in [0, 0.1) is 0 Å². The number of nitrogens with zero attached hydrogens (tertiary/aromatic N) is 1. The zero-order valence-corrected chi connectivity index (χ0v) is 13.9. The van der Waals surface area contributed by atoms with Crippen molar-refractivity contribution < 1.29 is 23.9 Å². The summed E-state index contributed by atoms with van der Waals surface area (Å²) in [5.74, 6) is -0.523. The smallest absolute Gasteiger partial charge is 0.339 e. The first-order valence-corrected chi connectivity index (χ1v) is 7.89. The molecule has 130 valence electrons. The number of imide groups is 1. The molecular weight excluding hydrogens is 324 g/mol. The van der Waals surface area contributed by atoms with Crippen molar-refractivity contribution in [1.29, 1.82) is 0 Å². The highest BCUT2D eigenvalue weighted by molar-refractivity contribution is 6.07. The molecule has 25 heavy (non-hydrogen) atoms. The number of rotatable bonds is 4. The number of carbonyl (C=O) groups excluding carboxylic acids is 3. The van der Waals surface area contributed by atoms with Crippen molar-refractivity contribution in [3.8, 4) is 5.75 Å². The van der Waals surface area contributed by atoms with Crippen LogP contribution in [0.3, 0.4) is 0 Å². The predicted octanol–water partition coefficient (Wildman–Crippen LogP) is 1.95. The number of nitrogens with one attached hydrogen (secondary N) is 1. The Kier molecular flexibility index (Phi) is 4.56. The maximum atomic E-state index is 12.5. The van der Waals surface area contributed by atoms with Gasteiger partial charge in [-0.1, -0.05) is 24.3 Å². The van der Waals surface area contributed by atoms with Crippen LogP contribution in [0.2, 0.25) is 0 Å². The summed E-state index contributed by atoms with van der Waals surface area (Å²) in [5.41, 5.74) is 0.335. The highest BCUT2D eigenvalue weighted by Crippen LogP contribution is 2.29. The normalized spacial score (nSPS) is 15.0. The van der Waals surface area contributed by atoms with E-state index in [0.717, 1.165) is 10.3 Å². The van der Waals surface area contributed by atoms with Crippen molar-refractivity contribution in [2.24, 2.45) is 0 Å². The molecule has 1 saturated heterocycles. The number of methoxy groups -OCH3 is 1. The fourth-order valence-corrected chi connectivity index (χ4v) is 2.80. The SMILES string of the molecule is COc1ccc(C(=O)O[C@H](C)C(=O)N2CCNC2=O)c2ccccc12. The minimum Gasteiger partial charge on any atom is -0.496 e. The van der Waals surface area contributed by atoms with Crippen LogP contribution in [0.1, 0.15) is 17.3 Å². The van der Waals surface area contributed by atoms with Crippen LogP contribution in [0.5, 0.6) is 5.75 Å². The summed E-state index contributed by atoms with van der Waals surface area (Å²) in [6.07, 6.45) is -1.06. The van der Waals surface area contributed by atoms with Crippen LogP contribution >= 0.6 is 0 Å². The third-order valence-electron chi connectivity index (χ3n) is 4.08. The summed E-state index contributed by atoms with van der Waals surface area (Å²) in [6.45, 7) is 2.12. The van der Waals surface area contributed by atoms with Crippen LogP contribution < -0.4 is 10.1 Å². The Bertz CT molecular complexity index is 848. The molecule has 7 heteroatoms. The van der Waals surface area contributed by atoms with Gasteiger partial charge < -0.3 is 14.8 Å². The van der Waals surface area contributed by atoms with Crippen LogP contribution in [-0.2, 0) is 9.53 Å². The second-order valence-corrected chi connectivity index (χ2v) is 5.63. The number of esters is 1. The average molecular weight is 342 g/mol. The van der Waals surface area contributed by atoms with E-state index >= 15 is 0 Å². The largest absolute Gasteiger partial charge is 0.496 e. The maximum Gasteiger partial charge on any atom is 0.339 e. The minimum atomic E-state index is -1.06. The Hall–Kier alpha value is -3.09. The molecule has 1 heterocycles. The molecule has 2 aromatic carbocycles. The summed E-state index contributed by atoms with van der Waals surface area (Å²) in [7, 11) is 1.56. The monoisotopic (exact) mass is 342 g/mol. The maximum absolute atomic E-state index is 12.5. The number of amides is 3. The van der Waals surface area contributed by atoms with Gasteiger partial charge in [0, 0.05) is 18.5 Å². The van der Waals surface area contributed by atoms with Crippen molar-refractivity contribution in [1.82, 2.24) is 10.2 Å². The Labute approximate surface area is 144 Å². The molecule has 2 aromatic rings. The lowest BCUT2D eigenvalue weighted by Gasteiger charge is -2.18. The molecule has 3 amide bonds. The molecule has 0 unspecified atom stereocenters. The van der Waals surface area contributed by atoms with Crippen molar-refractivity contribution in [3.63, 3.8) is 0 Å². The Morgan fingerprint density at radius 2 is 1.88 bits per heavy atom. The first-order valence-electron chi connectivity index (χ1n) is 7.89. The van der Waals surface area contributed by atoms with Crippen molar-refractivity contribution in [3.05, 3.63) is 42.0 Å². The van der Waals surface area contributed by atoms with Gasteiger partial charge in [-0.3, -0.25) is 9.69 Å². The summed E-state index contributed by atoms with van der Waals surface area (Å²) < 4.78 is 10.6. The van der Waals surface area contributed by atoms with E-state index in [4.69, 9.17) is 9.47 Å². The van der Waals surface area contributed by atoms with E-state index in [2.05, 4.69) is 5.32 Å². The van der Waals surface area contributed by atoms with Crippen LogP contribution in [-0.4, -0.2) is 49.1 Å². The van der Waals surface area contributed by atoms with Crippen LogP contribution in [0.25, 0.3) is 10.8 Å². The average Bonchev–Trinajstić information content (AvgIpc) is 3.05. The van der Waals surface area contributed by atoms with Crippen LogP contribution in [0.15, 0.2) is 36.4 Å². The highest BCUT2D eigenvalue weighted by atomic mass is 16.5. The molecule has 1 fully saturated rings. The molecule has 3 rings (SSSR count). The quantitative estimate of drug-likeness (QED) is 0.859. The first kappa shape index (κ1) is 16.8. The van der Waals surface area contributed by atoms with Crippen molar-refractivity contribution >= 4 is 28.7 Å². The standard InChI is InChI=1S/C18H18N2O5/c1-11(16(21)20-10-9-19-18(20)23)25-17(22)14-7-8-15(24-2)13-6-4-3-5-12(13)14/h3-8,11H,9-10H2,1-2H3,(H,19,23)/t11-/m1/s1. The number of hydrogen-bond acceptors (Lipinski definition) is 5. The molecule has 0 saturated carbocycles. The van der Waals surface area contributed by atoms with Gasteiger partial charge in [0.2, 0.25) is 0 Å². The van der Waals surface area contributed by atoms with E-state index in [1.54, 1.807) is 25.3 Å². The molecule has 0 bridgehead atoms. The molecule has 1 atom stereocenters. The number of urea groups is 1. The van der Waals surface area contributed by atoms with Crippen molar-refractivity contribution in [2.45, 2.75) is 13.0 Å². The van der Waals surface area contributed by atoms with Gasteiger partial charge in [-0.05, 0) is 24.4 Å². The molecule has 7 nitrogen and oxygen atoms in total. The van der Waals surface area contributed by atoms with E-state index in [1.165, 1.54) is 6.92 Å². The molecule has 0 aliphatic carbocycles. The van der Waals surface area contributed by atoms with E-state index in [1.807, 2.05) is 18.2 Å². The molecule has 0 spiro atoms. The summed E-state index contributed by atoms with van der Waals surface area (Å²) in [5, 5.41) is 3.99. The zero-order valence-electron chi connectivity index (χ0n) is 13.9. The lowest BCUT2D eigenvalue weighted by Crippen LogP contribution is -2.41.